The zero-order chi connectivity index (χ0) is 20.3. The average molecular weight is 408 g/mol. The fourth-order valence-electron chi connectivity index (χ4n) is 7.26. The number of rotatable bonds is 4. The third-order valence-electron chi connectivity index (χ3n) is 8.11. The highest BCUT2D eigenvalue weighted by Crippen LogP contribution is 2.60. The first kappa shape index (κ1) is 18.3. The second kappa shape index (κ2) is 6.79. The summed E-state index contributed by atoms with van der Waals surface area (Å²) in [6.07, 6.45) is 10.7. The number of nitrogens with one attached hydrogen (secondary N) is 1. The molecule has 4 saturated carbocycles. The fourth-order valence-corrected chi connectivity index (χ4v) is 7.26. The number of likely N-dealkylation sites (tertiary alicyclic amines) is 1. The van der Waals surface area contributed by atoms with Gasteiger partial charge in [-0.1, -0.05) is 6.07 Å². The van der Waals surface area contributed by atoms with Gasteiger partial charge in [-0.15, -0.1) is 10.2 Å². The molecule has 1 atom stereocenters. The number of pyridine rings is 1. The molecule has 4 aliphatic carbocycles. The van der Waals surface area contributed by atoms with Crippen LogP contribution < -0.4 is 5.32 Å². The Hall–Kier alpha value is -2.44. The van der Waals surface area contributed by atoms with Gasteiger partial charge in [0.1, 0.15) is 6.04 Å². The van der Waals surface area contributed by atoms with Crippen LogP contribution in [-0.2, 0) is 16.1 Å². The third-order valence-corrected chi connectivity index (χ3v) is 8.11. The van der Waals surface area contributed by atoms with Crippen molar-refractivity contribution in [3.8, 4) is 0 Å². The average Bonchev–Trinajstić information content (AvgIpc) is 3.38. The van der Waals surface area contributed by atoms with Crippen LogP contribution in [0.1, 0.15) is 57.2 Å². The van der Waals surface area contributed by atoms with Gasteiger partial charge in [0.2, 0.25) is 11.8 Å². The summed E-state index contributed by atoms with van der Waals surface area (Å²) in [5, 5.41) is 11.4. The minimum absolute atomic E-state index is 0.0572. The lowest BCUT2D eigenvalue weighted by molar-refractivity contribution is -0.160. The van der Waals surface area contributed by atoms with Gasteiger partial charge in [0, 0.05) is 12.7 Å². The van der Waals surface area contributed by atoms with Gasteiger partial charge in [-0.3, -0.25) is 14.0 Å². The molecular weight excluding hydrogens is 378 g/mol. The van der Waals surface area contributed by atoms with Crippen LogP contribution in [-0.4, -0.2) is 43.9 Å². The number of hydrogen-bond donors (Lipinski definition) is 1. The summed E-state index contributed by atoms with van der Waals surface area (Å²) in [7, 11) is 0. The highest BCUT2D eigenvalue weighted by Gasteiger charge is 2.56. The van der Waals surface area contributed by atoms with Crippen molar-refractivity contribution < 1.29 is 9.59 Å². The van der Waals surface area contributed by atoms with Crippen molar-refractivity contribution in [3.63, 3.8) is 0 Å². The van der Waals surface area contributed by atoms with Gasteiger partial charge in [-0.2, -0.15) is 0 Å². The van der Waals surface area contributed by atoms with Crippen LogP contribution in [0.4, 0.5) is 0 Å². The van der Waals surface area contributed by atoms with Crippen LogP contribution >= 0.6 is 0 Å². The van der Waals surface area contributed by atoms with Crippen molar-refractivity contribution >= 4 is 17.5 Å². The molecule has 1 N–H and O–H groups in total. The number of carbonyl (C=O) groups is 2. The predicted octanol–water partition coefficient (Wildman–Crippen LogP) is 2.55. The van der Waals surface area contributed by atoms with E-state index in [0.29, 0.717) is 18.9 Å². The van der Waals surface area contributed by atoms with E-state index in [1.165, 1.54) is 19.3 Å². The summed E-state index contributed by atoms with van der Waals surface area (Å²) < 4.78 is 1.88. The zero-order valence-corrected chi connectivity index (χ0v) is 17.3. The van der Waals surface area contributed by atoms with E-state index in [4.69, 9.17) is 0 Å². The topological polar surface area (TPSA) is 79.6 Å². The Bertz CT molecular complexity index is 963. The molecule has 7 heteroatoms. The fraction of sp³-hybridized carbons (Fsp3) is 0.652. The van der Waals surface area contributed by atoms with Gasteiger partial charge < -0.3 is 10.2 Å². The standard InChI is InChI=1S/C23H29N5O2/c29-21(24-14-20-26-25-19-5-1-2-6-28(19)20)18-4-3-7-27(18)22(30)23-11-15-8-16(12-23)10-17(9-15)13-23/h1-2,5-6,15-18H,3-4,7-14H2,(H,24,29)/t15?,16?,17?,18-,23?/m0/s1. The molecule has 0 unspecified atom stereocenters. The van der Waals surface area contributed by atoms with Crippen LogP contribution in [0.5, 0.6) is 0 Å². The summed E-state index contributed by atoms with van der Waals surface area (Å²) >= 11 is 0. The number of carbonyl (C=O) groups excluding carboxylic acids is 2. The first-order valence-corrected chi connectivity index (χ1v) is 11.5. The molecule has 0 radical (unpaired) electrons. The Morgan fingerprint density at radius 1 is 1.07 bits per heavy atom. The molecule has 0 spiro atoms. The first-order valence-electron chi connectivity index (χ1n) is 11.5. The number of nitrogens with zero attached hydrogens (tertiary/aromatic N) is 4. The lowest BCUT2D eigenvalue weighted by Crippen LogP contribution is -2.57. The van der Waals surface area contributed by atoms with Gasteiger partial charge in [-0.25, -0.2) is 0 Å². The molecule has 0 aromatic carbocycles. The number of amides is 2. The maximum absolute atomic E-state index is 13.7. The molecule has 5 aliphatic rings. The summed E-state index contributed by atoms with van der Waals surface area (Å²) in [6, 6.07) is 5.38. The van der Waals surface area contributed by atoms with Crippen molar-refractivity contribution in [3.05, 3.63) is 30.2 Å². The SMILES string of the molecule is O=C(NCc1nnc2ccccn12)[C@@H]1CCCN1C(=O)C12CC3CC(CC(C3)C1)C2. The Morgan fingerprint density at radius 2 is 1.80 bits per heavy atom. The van der Waals surface area contributed by atoms with Crippen molar-refractivity contribution in [1.29, 1.82) is 0 Å². The van der Waals surface area contributed by atoms with Crippen LogP contribution in [0.25, 0.3) is 5.65 Å². The molecule has 1 aliphatic heterocycles. The summed E-state index contributed by atoms with van der Waals surface area (Å²) in [5.74, 6) is 3.12. The maximum Gasteiger partial charge on any atom is 0.243 e. The molecule has 2 aromatic heterocycles. The molecule has 2 amide bonds. The quantitative estimate of drug-likeness (QED) is 0.845. The third kappa shape index (κ3) is 2.85. The molecule has 3 heterocycles. The maximum atomic E-state index is 13.7. The molecule has 5 fully saturated rings. The highest BCUT2D eigenvalue weighted by atomic mass is 16.2. The van der Waals surface area contributed by atoms with Crippen molar-refractivity contribution in [2.45, 2.75) is 64.0 Å². The van der Waals surface area contributed by atoms with E-state index in [0.717, 1.165) is 55.5 Å². The number of hydrogen-bond acceptors (Lipinski definition) is 4. The van der Waals surface area contributed by atoms with Crippen molar-refractivity contribution in [2.24, 2.45) is 23.2 Å². The van der Waals surface area contributed by atoms with Crippen LogP contribution in [0.3, 0.4) is 0 Å². The Balaban J connectivity index is 1.16. The molecule has 30 heavy (non-hydrogen) atoms. The summed E-state index contributed by atoms with van der Waals surface area (Å²) in [4.78, 5) is 28.7. The largest absolute Gasteiger partial charge is 0.347 e. The highest BCUT2D eigenvalue weighted by molar-refractivity contribution is 5.91. The molecule has 7 nitrogen and oxygen atoms in total. The molecule has 1 saturated heterocycles. The second-order valence-corrected chi connectivity index (χ2v) is 10.1. The monoisotopic (exact) mass is 407 g/mol. The van der Waals surface area contributed by atoms with E-state index in [-0.39, 0.29) is 23.3 Å². The Kier molecular flexibility index (Phi) is 4.15. The summed E-state index contributed by atoms with van der Waals surface area (Å²) in [6.45, 7) is 1.03. The number of aromatic nitrogens is 3. The van der Waals surface area contributed by atoms with Crippen LogP contribution in [0.2, 0.25) is 0 Å². The summed E-state index contributed by atoms with van der Waals surface area (Å²) in [5.41, 5.74) is 0.585. The minimum Gasteiger partial charge on any atom is -0.347 e. The van der Waals surface area contributed by atoms with E-state index in [1.54, 1.807) is 0 Å². The lowest BCUT2D eigenvalue weighted by atomic mass is 9.49. The van der Waals surface area contributed by atoms with Crippen LogP contribution in [0, 0.1) is 23.2 Å². The van der Waals surface area contributed by atoms with Gasteiger partial charge in [0.05, 0.1) is 12.0 Å². The molecule has 158 valence electrons. The van der Waals surface area contributed by atoms with Gasteiger partial charge in [-0.05, 0) is 81.3 Å². The molecule has 4 bridgehead atoms. The molecule has 7 rings (SSSR count). The van der Waals surface area contributed by atoms with Gasteiger partial charge >= 0.3 is 0 Å². The van der Waals surface area contributed by atoms with E-state index in [1.807, 2.05) is 33.7 Å². The van der Waals surface area contributed by atoms with Crippen LogP contribution in [0.15, 0.2) is 24.4 Å². The predicted molar refractivity (Wildman–Crippen MR) is 110 cm³/mol. The van der Waals surface area contributed by atoms with E-state index >= 15 is 0 Å². The molecular formula is C23H29N5O2. The van der Waals surface area contributed by atoms with E-state index in [2.05, 4.69) is 15.5 Å². The Labute approximate surface area is 176 Å². The zero-order valence-electron chi connectivity index (χ0n) is 17.3. The van der Waals surface area contributed by atoms with Crippen molar-refractivity contribution in [1.82, 2.24) is 24.8 Å². The van der Waals surface area contributed by atoms with E-state index < -0.39 is 0 Å². The van der Waals surface area contributed by atoms with Gasteiger partial charge in [0.15, 0.2) is 11.5 Å². The normalized spacial score (nSPS) is 34.6. The smallest absolute Gasteiger partial charge is 0.243 e. The first-order chi connectivity index (χ1) is 14.6. The second-order valence-electron chi connectivity index (χ2n) is 10.1. The minimum atomic E-state index is -0.343. The number of fused-ring (bicyclic) bond motifs is 1. The van der Waals surface area contributed by atoms with Crippen molar-refractivity contribution in [2.75, 3.05) is 6.54 Å². The van der Waals surface area contributed by atoms with Gasteiger partial charge in [0.25, 0.3) is 0 Å². The lowest BCUT2D eigenvalue weighted by Gasteiger charge is -2.56. The Morgan fingerprint density at radius 3 is 2.53 bits per heavy atom. The van der Waals surface area contributed by atoms with E-state index in [9.17, 15) is 9.59 Å². The molecule has 2 aromatic rings.